The van der Waals surface area contributed by atoms with Crippen molar-refractivity contribution < 1.29 is 20.1 Å². The number of aliphatic carboxylic acids is 1. The number of guanidine groups is 1. The first-order valence-electron chi connectivity index (χ1n) is 5.20. The van der Waals surface area contributed by atoms with Gasteiger partial charge in [-0.05, 0) is 12.8 Å². The molecule has 17 heavy (non-hydrogen) atoms. The standard InChI is InChI=1S/C9H20N4O4/c1-2-9(16,17)8(12,6(14)15)4-3-5-13-7(10)11/h16-17H,2-5,12H2,1H3,(H,14,15)(H4,10,11,13). The number of carboxylic acids is 1. The molecule has 9 N–H and O–H groups in total. The van der Waals surface area contributed by atoms with Crippen LogP contribution in [0.2, 0.25) is 0 Å². The monoisotopic (exact) mass is 248 g/mol. The molecule has 0 rings (SSSR count). The van der Waals surface area contributed by atoms with E-state index < -0.39 is 17.3 Å². The van der Waals surface area contributed by atoms with Crippen molar-refractivity contribution in [2.75, 3.05) is 6.54 Å². The molecule has 0 radical (unpaired) electrons. The molecule has 8 nitrogen and oxygen atoms in total. The normalized spacial score (nSPS) is 15.1. The highest BCUT2D eigenvalue weighted by molar-refractivity contribution is 5.80. The summed E-state index contributed by atoms with van der Waals surface area (Å²) >= 11 is 0. The fraction of sp³-hybridized carbons (Fsp3) is 0.778. The molecule has 0 heterocycles. The fourth-order valence-corrected chi connectivity index (χ4v) is 1.36. The number of rotatable bonds is 7. The van der Waals surface area contributed by atoms with Crippen LogP contribution >= 0.6 is 0 Å². The van der Waals surface area contributed by atoms with Crippen molar-refractivity contribution in [1.82, 2.24) is 0 Å². The Morgan fingerprint density at radius 1 is 1.35 bits per heavy atom. The third kappa shape index (κ3) is 3.84. The zero-order chi connectivity index (χ0) is 13.7. The second-order valence-corrected chi connectivity index (χ2v) is 3.86. The average molecular weight is 248 g/mol. The molecule has 0 fully saturated rings. The first kappa shape index (κ1) is 15.6. The van der Waals surface area contributed by atoms with E-state index in [9.17, 15) is 15.0 Å². The van der Waals surface area contributed by atoms with E-state index in [1.165, 1.54) is 6.92 Å². The van der Waals surface area contributed by atoms with Crippen LogP contribution in [0.15, 0.2) is 4.99 Å². The predicted octanol–water partition coefficient (Wildman–Crippen LogP) is -2.09. The van der Waals surface area contributed by atoms with Gasteiger partial charge in [-0.25, -0.2) is 0 Å². The van der Waals surface area contributed by atoms with E-state index in [4.69, 9.17) is 22.3 Å². The highest BCUT2D eigenvalue weighted by atomic mass is 16.5. The van der Waals surface area contributed by atoms with Gasteiger partial charge in [0.05, 0.1) is 0 Å². The van der Waals surface area contributed by atoms with Gasteiger partial charge in [-0.1, -0.05) is 6.92 Å². The van der Waals surface area contributed by atoms with Crippen LogP contribution in [0.25, 0.3) is 0 Å². The van der Waals surface area contributed by atoms with Crippen LogP contribution in [0, 0.1) is 0 Å². The highest BCUT2D eigenvalue weighted by Crippen LogP contribution is 2.26. The van der Waals surface area contributed by atoms with Crippen LogP contribution in [-0.2, 0) is 4.79 Å². The molecule has 0 aliphatic rings. The van der Waals surface area contributed by atoms with Gasteiger partial charge in [0.2, 0.25) is 0 Å². The summed E-state index contributed by atoms with van der Waals surface area (Å²) in [6, 6.07) is 0. The lowest BCUT2D eigenvalue weighted by Gasteiger charge is -2.36. The predicted molar refractivity (Wildman–Crippen MR) is 61.9 cm³/mol. The Kier molecular flexibility index (Phi) is 5.33. The van der Waals surface area contributed by atoms with Crippen LogP contribution in [0.4, 0.5) is 0 Å². The van der Waals surface area contributed by atoms with Crippen molar-refractivity contribution in [3.63, 3.8) is 0 Å². The molecule has 0 aromatic rings. The van der Waals surface area contributed by atoms with E-state index in [1.807, 2.05) is 0 Å². The van der Waals surface area contributed by atoms with E-state index in [0.717, 1.165) is 0 Å². The van der Waals surface area contributed by atoms with Gasteiger partial charge in [-0.3, -0.25) is 9.79 Å². The number of aliphatic imine (C=N–C) groups is 1. The molecule has 0 saturated carbocycles. The average Bonchev–Trinajstić information content (AvgIpc) is 2.23. The van der Waals surface area contributed by atoms with Gasteiger partial charge in [0, 0.05) is 13.0 Å². The first-order valence-corrected chi connectivity index (χ1v) is 5.20. The largest absolute Gasteiger partial charge is 0.480 e. The molecule has 0 aromatic heterocycles. The second-order valence-electron chi connectivity index (χ2n) is 3.86. The van der Waals surface area contributed by atoms with E-state index >= 15 is 0 Å². The maximum absolute atomic E-state index is 11.0. The number of aliphatic hydroxyl groups is 2. The molecular formula is C9H20N4O4. The quantitative estimate of drug-likeness (QED) is 0.130. The molecule has 0 bridgehead atoms. The number of nitrogens with two attached hydrogens (primary N) is 3. The summed E-state index contributed by atoms with van der Waals surface area (Å²) in [5.41, 5.74) is 13.6. The van der Waals surface area contributed by atoms with Gasteiger partial charge < -0.3 is 32.5 Å². The molecule has 0 aromatic carbocycles. The molecule has 0 spiro atoms. The zero-order valence-electron chi connectivity index (χ0n) is 9.76. The number of hydrogen-bond donors (Lipinski definition) is 6. The molecule has 8 heteroatoms. The third-order valence-electron chi connectivity index (χ3n) is 2.61. The van der Waals surface area contributed by atoms with Gasteiger partial charge in [0.25, 0.3) is 0 Å². The van der Waals surface area contributed by atoms with Crippen molar-refractivity contribution in [3.8, 4) is 0 Å². The van der Waals surface area contributed by atoms with Crippen LogP contribution in [0.5, 0.6) is 0 Å². The number of carboxylic acid groups (broad SMARTS) is 1. The van der Waals surface area contributed by atoms with Crippen LogP contribution in [-0.4, -0.2) is 45.1 Å². The van der Waals surface area contributed by atoms with Gasteiger partial charge >= 0.3 is 5.97 Å². The van der Waals surface area contributed by atoms with Gasteiger partial charge in [0.1, 0.15) is 0 Å². The minimum Gasteiger partial charge on any atom is -0.480 e. The topological polar surface area (TPSA) is 168 Å². The molecular weight excluding hydrogens is 228 g/mol. The number of hydrogen-bond acceptors (Lipinski definition) is 5. The Labute approximate surface area is 99.1 Å². The second kappa shape index (κ2) is 5.80. The van der Waals surface area contributed by atoms with Gasteiger partial charge in [0.15, 0.2) is 17.3 Å². The molecule has 1 unspecified atom stereocenters. The maximum Gasteiger partial charge on any atom is 0.329 e. The van der Waals surface area contributed by atoms with Crippen molar-refractivity contribution >= 4 is 11.9 Å². The third-order valence-corrected chi connectivity index (χ3v) is 2.61. The Hall–Kier alpha value is -1.38. The SMILES string of the molecule is CCC(O)(O)C(N)(CCCN=C(N)N)C(=O)O. The number of nitrogens with zero attached hydrogens (tertiary/aromatic N) is 1. The fourth-order valence-electron chi connectivity index (χ4n) is 1.36. The molecule has 1 atom stereocenters. The smallest absolute Gasteiger partial charge is 0.329 e. The maximum atomic E-state index is 11.0. The Balaban J connectivity index is 4.65. The minimum absolute atomic E-state index is 0.113. The molecule has 100 valence electrons. The summed E-state index contributed by atoms with van der Waals surface area (Å²) < 4.78 is 0. The zero-order valence-corrected chi connectivity index (χ0v) is 9.76. The summed E-state index contributed by atoms with van der Waals surface area (Å²) in [5.74, 6) is -4.07. The molecule has 0 aliphatic carbocycles. The summed E-state index contributed by atoms with van der Waals surface area (Å²) in [5, 5.41) is 28.1. The summed E-state index contributed by atoms with van der Waals surface area (Å²) in [7, 11) is 0. The van der Waals surface area contributed by atoms with E-state index in [-0.39, 0.29) is 31.8 Å². The summed E-state index contributed by atoms with van der Waals surface area (Å²) in [4.78, 5) is 14.7. The summed E-state index contributed by atoms with van der Waals surface area (Å²) in [6.45, 7) is 1.61. The van der Waals surface area contributed by atoms with Crippen LogP contribution in [0.3, 0.4) is 0 Å². The van der Waals surface area contributed by atoms with E-state index in [1.54, 1.807) is 0 Å². The lowest BCUT2D eigenvalue weighted by molar-refractivity contribution is -0.220. The minimum atomic E-state index is -2.48. The van der Waals surface area contributed by atoms with Crippen molar-refractivity contribution in [2.24, 2.45) is 22.2 Å². The highest BCUT2D eigenvalue weighted by Gasteiger charge is 2.51. The molecule has 0 aliphatic heterocycles. The van der Waals surface area contributed by atoms with Crippen molar-refractivity contribution in [2.45, 2.75) is 37.5 Å². The van der Waals surface area contributed by atoms with Gasteiger partial charge in [-0.2, -0.15) is 0 Å². The van der Waals surface area contributed by atoms with Crippen LogP contribution in [0.1, 0.15) is 26.2 Å². The first-order chi connectivity index (χ1) is 7.67. The van der Waals surface area contributed by atoms with Crippen LogP contribution < -0.4 is 17.2 Å². The lowest BCUT2D eigenvalue weighted by Crippen LogP contribution is -2.65. The Morgan fingerprint density at radius 3 is 2.24 bits per heavy atom. The van der Waals surface area contributed by atoms with Crippen molar-refractivity contribution in [1.29, 1.82) is 0 Å². The Bertz CT molecular complexity index is 301. The van der Waals surface area contributed by atoms with Gasteiger partial charge in [-0.15, -0.1) is 0 Å². The van der Waals surface area contributed by atoms with E-state index in [0.29, 0.717) is 0 Å². The summed E-state index contributed by atoms with van der Waals surface area (Å²) in [6.07, 6.45) is -0.123. The Morgan fingerprint density at radius 2 is 1.88 bits per heavy atom. The van der Waals surface area contributed by atoms with E-state index in [2.05, 4.69) is 4.99 Å². The molecule has 0 saturated heterocycles. The lowest BCUT2D eigenvalue weighted by atomic mass is 9.83. The van der Waals surface area contributed by atoms with Crippen molar-refractivity contribution in [3.05, 3.63) is 0 Å². The molecule has 0 amide bonds. The number of carbonyl (C=O) groups is 1.